The Hall–Kier alpha value is -1.89. The van der Waals surface area contributed by atoms with E-state index in [0.29, 0.717) is 12.6 Å². The van der Waals surface area contributed by atoms with Gasteiger partial charge in [0.15, 0.2) is 0 Å². The fourth-order valence-electron chi connectivity index (χ4n) is 2.50. The first-order valence-electron chi connectivity index (χ1n) is 8.09. The first kappa shape index (κ1) is 17.0. The van der Waals surface area contributed by atoms with Crippen LogP contribution in [0.25, 0.3) is 21.5 Å². The van der Waals surface area contributed by atoms with Crippen LogP contribution >= 0.6 is 11.3 Å². The van der Waals surface area contributed by atoms with Crippen LogP contribution in [-0.2, 0) is 7.05 Å². The Labute approximate surface area is 145 Å². The number of rotatable bonds is 7. The summed E-state index contributed by atoms with van der Waals surface area (Å²) in [5.41, 5.74) is 3.21. The third kappa shape index (κ3) is 3.77. The number of fused-ring (bicyclic) bond motifs is 1. The second-order valence-corrected chi connectivity index (χ2v) is 7.08. The normalized spacial score (nSPS) is 12.9. The number of benzene rings is 1. The average Bonchev–Trinajstić information content (AvgIpc) is 3.16. The minimum atomic E-state index is -0.520. The van der Waals surface area contributed by atoms with Crippen LogP contribution in [0.2, 0.25) is 0 Å². The molecule has 0 fully saturated rings. The molecule has 0 amide bonds. The van der Waals surface area contributed by atoms with E-state index in [-0.39, 0.29) is 6.61 Å². The van der Waals surface area contributed by atoms with E-state index in [2.05, 4.69) is 35.7 Å². The van der Waals surface area contributed by atoms with Crippen molar-refractivity contribution in [3.05, 3.63) is 35.7 Å². The van der Waals surface area contributed by atoms with Gasteiger partial charge in [0.2, 0.25) is 0 Å². The maximum Gasteiger partial charge on any atom is 0.119 e. The van der Waals surface area contributed by atoms with Crippen LogP contribution in [0.1, 0.15) is 13.8 Å². The standard InChI is InChI=1S/C18H23N3O2S/c1-12(2)19-10-14(22)11-23-15-6-4-13(5-7-15)17-18-16(8-9-24-18)21(3)20-17/h4-9,12,14,19,22H,10-11H2,1-3H3. The van der Waals surface area contributed by atoms with Crippen molar-refractivity contribution >= 4 is 21.6 Å². The Kier molecular flexibility index (Phi) is 5.18. The topological polar surface area (TPSA) is 59.3 Å². The molecule has 128 valence electrons. The van der Waals surface area contributed by atoms with Gasteiger partial charge < -0.3 is 15.2 Å². The second-order valence-electron chi connectivity index (χ2n) is 6.16. The molecule has 0 spiro atoms. The van der Waals surface area contributed by atoms with Crippen LogP contribution < -0.4 is 10.1 Å². The van der Waals surface area contributed by atoms with Crippen molar-refractivity contribution in [1.29, 1.82) is 0 Å². The van der Waals surface area contributed by atoms with Gasteiger partial charge in [0.05, 0.1) is 10.2 Å². The van der Waals surface area contributed by atoms with Crippen LogP contribution in [-0.4, -0.2) is 40.2 Å². The fraction of sp³-hybridized carbons (Fsp3) is 0.389. The molecule has 24 heavy (non-hydrogen) atoms. The molecule has 0 aliphatic carbocycles. The van der Waals surface area contributed by atoms with Crippen LogP contribution in [0, 0.1) is 0 Å². The summed E-state index contributed by atoms with van der Waals surface area (Å²) in [5, 5.41) is 19.8. The van der Waals surface area contributed by atoms with Crippen molar-refractivity contribution in [2.75, 3.05) is 13.2 Å². The van der Waals surface area contributed by atoms with E-state index >= 15 is 0 Å². The molecular weight excluding hydrogens is 322 g/mol. The number of ether oxygens (including phenoxy) is 1. The molecule has 1 unspecified atom stereocenters. The molecule has 2 aromatic heterocycles. The largest absolute Gasteiger partial charge is 0.491 e. The Balaban J connectivity index is 1.64. The molecule has 1 aromatic carbocycles. The lowest BCUT2D eigenvalue weighted by Gasteiger charge is -2.15. The van der Waals surface area contributed by atoms with E-state index in [1.165, 1.54) is 4.70 Å². The van der Waals surface area contributed by atoms with Gasteiger partial charge in [-0.05, 0) is 35.7 Å². The highest BCUT2D eigenvalue weighted by Crippen LogP contribution is 2.32. The van der Waals surface area contributed by atoms with Crippen molar-refractivity contribution in [2.45, 2.75) is 26.0 Å². The quantitative estimate of drug-likeness (QED) is 0.691. The highest BCUT2D eigenvalue weighted by Gasteiger charge is 2.12. The number of thiophene rings is 1. The van der Waals surface area contributed by atoms with Gasteiger partial charge in [0.1, 0.15) is 24.2 Å². The molecule has 2 heterocycles. The Morgan fingerprint density at radius 2 is 2.00 bits per heavy atom. The smallest absolute Gasteiger partial charge is 0.119 e. The van der Waals surface area contributed by atoms with Gasteiger partial charge in [0, 0.05) is 25.2 Å². The lowest BCUT2D eigenvalue weighted by Crippen LogP contribution is -2.35. The summed E-state index contributed by atoms with van der Waals surface area (Å²) in [5.74, 6) is 0.751. The number of nitrogens with zero attached hydrogens (tertiary/aromatic N) is 2. The number of aliphatic hydroxyl groups is 1. The van der Waals surface area contributed by atoms with Crippen molar-refractivity contribution in [3.63, 3.8) is 0 Å². The molecule has 0 aliphatic heterocycles. The maximum atomic E-state index is 9.89. The van der Waals surface area contributed by atoms with E-state index in [1.54, 1.807) is 11.3 Å². The molecule has 5 nitrogen and oxygen atoms in total. The lowest BCUT2D eigenvalue weighted by atomic mass is 10.1. The number of hydrogen-bond donors (Lipinski definition) is 2. The third-order valence-electron chi connectivity index (χ3n) is 3.79. The lowest BCUT2D eigenvalue weighted by molar-refractivity contribution is 0.104. The minimum absolute atomic E-state index is 0.276. The van der Waals surface area contributed by atoms with Gasteiger partial charge in [-0.15, -0.1) is 11.3 Å². The molecule has 0 saturated heterocycles. The molecule has 0 radical (unpaired) electrons. The van der Waals surface area contributed by atoms with Gasteiger partial charge in [-0.1, -0.05) is 13.8 Å². The molecule has 3 rings (SSSR count). The fourth-order valence-corrected chi connectivity index (χ4v) is 3.43. The van der Waals surface area contributed by atoms with E-state index in [9.17, 15) is 5.11 Å². The molecule has 3 aromatic rings. The first-order valence-corrected chi connectivity index (χ1v) is 8.97. The number of nitrogens with one attached hydrogen (secondary N) is 1. The zero-order valence-corrected chi connectivity index (χ0v) is 15.0. The summed E-state index contributed by atoms with van der Waals surface area (Å²) in [7, 11) is 1.96. The number of aliphatic hydroxyl groups excluding tert-OH is 1. The summed E-state index contributed by atoms with van der Waals surface area (Å²) < 4.78 is 8.76. The highest BCUT2D eigenvalue weighted by atomic mass is 32.1. The molecular formula is C18H23N3O2S. The second kappa shape index (κ2) is 7.34. The zero-order chi connectivity index (χ0) is 17.1. The predicted molar refractivity (Wildman–Crippen MR) is 98.7 cm³/mol. The van der Waals surface area contributed by atoms with Crippen molar-refractivity contribution in [3.8, 4) is 17.0 Å². The van der Waals surface area contributed by atoms with Gasteiger partial charge in [-0.25, -0.2) is 0 Å². The molecule has 0 saturated carbocycles. The number of hydrogen-bond acceptors (Lipinski definition) is 5. The minimum Gasteiger partial charge on any atom is -0.491 e. The van der Waals surface area contributed by atoms with Crippen molar-refractivity contribution in [1.82, 2.24) is 15.1 Å². The van der Waals surface area contributed by atoms with Crippen molar-refractivity contribution in [2.24, 2.45) is 7.05 Å². The Morgan fingerprint density at radius 1 is 1.25 bits per heavy atom. The number of aromatic nitrogens is 2. The van der Waals surface area contributed by atoms with E-state index in [0.717, 1.165) is 22.5 Å². The van der Waals surface area contributed by atoms with Crippen LogP contribution in [0.4, 0.5) is 0 Å². The van der Waals surface area contributed by atoms with E-state index in [4.69, 9.17) is 4.74 Å². The predicted octanol–water partition coefficient (Wildman–Crippen LogP) is 3.04. The van der Waals surface area contributed by atoms with Crippen LogP contribution in [0.5, 0.6) is 5.75 Å². The number of aryl methyl sites for hydroxylation is 1. The highest BCUT2D eigenvalue weighted by molar-refractivity contribution is 7.17. The SMILES string of the molecule is CC(C)NCC(O)COc1ccc(-c2nn(C)c3ccsc23)cc1. The van der Waals surface area contributed by atoms with E-state index < -0.39 is 6.10 Å². The van der Waals surface area contributed by atoms with Gasteiger partial charge in [0.25, 0.3) is 0 Å². The molecule has 6 heteroatoms. The third-order valence-corrected chi connectivity index (χ3v) is 4.70. The zero-order valence-electron chi connectivity index (χ0n) is 14.2. The molecule has 1 atom stereocenters. The Bertz CT molecular complexity index is 792. The summed E-state index contributed by atoms with van der Waals surface area (Å²) in [6, 6.07) is 10.3. The first-order chi connectivity index (χ1) is 11.5. The van der Waals surface area contributed by atoms with Gasteiger partial charge >= 0.3 is 0 Å². The van der Waals surface area contributed by atoms with Gasteiger partial charge in [-0.3, -0.25) is 4.68 Å². The maximum absolute atomic E-state index is 9.89. The molecule has 0 aliphatic rings. The monoisotopic (exact) mass is 345 g/mol. The van der Waals surface area contributed by atoms with Crippen LogP contribution in [0.3, 0.4) is 0 Å². The van der Waals surface area contributed by atoms with Gasteiger partial charge in [-0.2, -0.15) is 5.10 Å². The summed E-state index contributed by atoms with van der Waals surface area (Å²) in [6.45, 7) is 4.90. The Morgan fingerprint density at radius 3 is 2.71 bits per heavy atom. The van der Waals surface area contributed by atoms with E-state index in [1.807, 2.05) is 36.0 Å². The van der Waals surface area contributed by atoms with Crippen LogP contribution in [0.15, 0.2) is 35.7 Å². The summed E-state index contributed by atoms with van der Waals surface area (Å²) in [6.07, 6.45) is -0.520. The summed E-state index contributed by atoms with van der Waals surface area (Å²) >= 11 is 1.70. The molecule has 0 bridgehead atoms. The summed E-state index contributed by atoms with van der Waals surface area (Å²) in [4.78, 5) is 0. The molecule has 2 N–H and O–H groups in total. The average molecular weight is 345 g/mol. The van der Waals surface area contributed by atoms with Crippen molar-refractivity contribution < 1.29 is 9.84 Å².